The molecule has 1 N–H and O–H groups in total. The lowest BCUT2D eigenvalue weighted by Gasteiger charge is -2.31. The Labute approximate surface area is 122 Å². The van der Waals surface area contributed by atoms with E-state index in [0.717, 1.165) is 32.5 Å². The highest BCUT2D eigenvalue weighted by atomic mass is 16.6. The SMILES string of the molecule is CCOC(=O)N1CCC(NCCCN2CCCC2)CC1. The van der Waals surface area contributed by atoms with Gasteiger partial charge in [0.2, 0.25) is 0 Å². The lowest BCUT2D eigenvalue weighted by atomic mass is 10.1. The predicted molar refractivity (Wildman–Crippen MR) is 79.9 cm³/mol. The summed E-state index contributed by atoms with van der Waals surface area (Å²) in [5, 5.41) is 3.63. The first-order valence-corrected chi connectivity index (χ1v) is 8.17. The van der Waals surface area contributed by atoms with E-state index in [2.05, 4.69) is 10.2 Å². The maximum Gasteiger partial charge on any atom is 0.409 e. The average molecular weight is 283 g/mol. The van der Waals surface area contributed by atoms with Crippen molar-refractivity contribution >= 4 is 6.09 Å². The number of amides is 1. The van der Waals surface area contributed by atoms with E-state index in [9.17, 15) is 4.79 Å². The molecule has 0 atom stereocenters. The summed E-state index contributed by atoms with van der Waals surface area (Å²) in [5.74, 6) is 0. The van der Waals surface area contributed by atoms with Crippen LogP contribution < -0.4 is 5.32 Å². The van der Waals surface area contributed by atoms with E-state index >= 15 is 0 Å². The Hall–Kier alpha value is -0.810. The monoisotopic (exact) mass is 283 g/mol. The summed E-state index contributed by atoms with van der Waals surface area (Å²) >= 11 is 0. The summed E-state index contributed by atoms with van der Waals surface area (Å²) in [5.41, 5.74) is 0. The van der Waals surface area contributed by atoms with E-state index in [-0.39, 0.29) is 6.09 Å². The van der Waals surface area contributed by atoms with Crippen LogP contribution in [0.2, 0.25) is 0 Å². The first-order chi connectivity index (χ1) is 9.79. The van der Waals surface area contributed by atoms with Crippen molar-refractivity contribution in [2.24, 2.45) is 0 Å². The molecule has 1 amide bonds. The minimum absolute atomic E-state index is 0.153. The maximum atomic E-state index is 11.6. The van der Waals surface area contributed by atoms with Gasteiger partial charge in [0, 0.05) is 19.1 Å². The number of nitrogens with one attached hydrogen (secondary N) is 1. The molecule has 0 aliphatic carbocycles. The van der Waals surface area contributed by atoms with Gasteiger partial charge in [-0.1, -0.05) is 0 Å². The third-order valence-electron chi connectivity index (χ3n) is 4.30. The first kappa shape index (κ1) is 15.6. The maximum absolute atomic E-state index is 11.6. The molecule has 0 radical (unpaired) electrons. The van der Waals surface area contributed by atoms with Crippen LogP contribution in [0.1, 0.15) is 39.0 Å². The number of carbonyl (C=O) groups excluding carboxylic acids is 1. The third-order valence-corrected chi connectivity index (χ3v) is 4.30. The van der Waals surface area contributed by atoms with Crippen molar-refractivity contribution in [2.45, 2.75) is 45.1 Å². The highest BCUT2D eigenvalue weighted by Gasteiger charge is 2.23. The molecule has 2 aliphatic rings. The Morgan fingerprint density at radius 1 is 1.20 bits per heavy atom. The van der Waals surface area contributed by atoms with E-state index in [1.54, 1.807) is 0 Å². The summed E-state index contributed by atoms with van der Waals surface area (Å²) in [7, 11) is 0. The van der Waals surface area contributed by atoms with Gasteiger partial charge in [-0.3, -0.25) is 0 Å². The van der Waals surface area contributed by atoms with E-state index < -0.39 is 0 Å². The summed E-state index contributed by atoms with van der Waals surface area (Å²) in [6.45, 7) is 8.87. The van der Waals surface area contributed by atoms with Crippen LogP contribution in [0, 0.1) is 0 Å². The second-order valence-electron chi connectivity index (χ2n) is 5.82. The van der Waals surface area contributed by atoms with E-state index in [0.29, 0.717) is 12.6 Å². The number of hydrogen-bond acceptors (Lipinski definition) is 4. The largest absolute Gasteiger partial charge is 0.450 e. The van der Waals surface area contributed by atoms with Gasteiger partial charge in [-0.05, 0) is 65.2 Å². The Morgan fingerprint density at radius 3 is 2.55 bits per heavy atom. The molecule has 20 heavy (non-hydrogen) atoms. The van der Waals surface area contributed by atoms with E-state index in [1.165, 1.54) is 38.9 Å². The predicted octanol–water partition coefficient (Wildman–Crippen LogP) is 1.68. The molecular formula is C15H29N3O2. The number of ether oxygens (including phenoxy) is 1. The fraction of sp³-hybridized carbons (Fsp3) is 0.933. The lowest BCUT2D eigenvalue weighted by Crippen LogP contribution is -2.45. The Kier molecular flexibility index (Phi) is 6.60. The van der Waals surface area contributed by atoms with Crippen LogP contribution in [0.4, 0.5) is 4.79 Å². The summed E-state index contributed by atoms with van der Waals surface area (Å²) in [6, 6.07) is 0.569. The number of likely N-dealkylation sites (tertiary alicyclic amines) is 2. The van der Waals surface area contributed by atoms with Gasteiger partial charge in [0.1, 0.15) is 0 Å². The summed E-state index contributed by atoms with van der Waals surface area (Å²) < 4.78 is 5.03. The van der Waals surface area contributed by atoms with Crippen LogP contribution in [-0.4, -0.2) is 67.8 Å². The number of rotatable bonds is 6. The Bertz CT molecular complexity index is 285. The van der Waals surface area contributed by atoms with E-state index in [1.807, 2.05) is 11.8 Å². The van der Waals surface area contributed by atoms with Crippen molar-refractivity contribution in [1.82, 2.24) is 15.1 Å². The minimum atomic E-state index is -0.153. The van der Waals surface area contributed by atoms with Crippen LogP contribution in [-0.2, 0) is 4.74 Å². The Morgan fingerprint density at radius 2 is 1.90 bits per heavy atom. The van der Waals surface area contributed by atoms with Gasteiger partial charge in [-0.2, -0.15) is 0 Å². The number of nitrogens with zero attached hydrogens (tertiary/aromatic N) is 2. The molecule has 0 aromatic carbocycles. The highest BCUT2D eigenvalue weighted by Crippen LogP contribution is 2.12. The standard InChI is InChI=1S/C15H29N3O2/c1-2-20-15(19)18-12-6-14(7-13-18)16-8-5-11-17-9-3-4-10-17/h14,16H,2-13H2,1H3. The minimum Gasteiger partial charge on any atom is -0.450 e. The normalized spacial score (nSPS) is 21.4. The molecular weight excluding hydrogens is 254 g/mol. The highest BCUT2D eigenvalue weighted by molar-refractivity contribution is 5.67. The van der Waals surface area contributed by atoms with Gasteiger partial charge < -0.3 is 19.9 Å². The Balaban J connectivity index is 1.52. The summed E-state index contributed by atoms with van der Waals surface area (Å²) in [6.07, 6.45) is 5.92. The van der Waals surface area contributed by atoms with Crippen molar-refractivity contribution in [3.8, 4) is 0 Å². The molecule has 2 saturated heterocycles. The second-order valence-corrected chi connectivity index (χ2v) is 5.82. The number of carbonyl (C=O) groups is 1. The molecule has 116 valence electrons. The molecule has 0 bridgehead atoms. The summed E-state index contributed by atoms with van der Waals surface area (Å²) in [4.78, 5) is 16.0. The van der Waals surface area contributed by atoms with Gasteiger partial charge in [0.05, 0.1) is 6.61 Å². The van der Waals surface area contributed by atoms with Crippen molar-refractivity contribution < 1.29 is 9.53 Å². The molecule has 2 fully saturated rings. The number of hydrogen-bond donors (Lipinski definition) is 1. The fourth-order valence-electron chi connectivity index (χ4n) is 3.10. The van der Waals surface area contributed by atoms with Crippen molar-refractivity contribution in [3.05, 3.63) is 0 Å². The van der Waals surface area contributed by atoms with Crippen molar-refractivity contribution in [1.29, 1.82) is 0 Å². The fourth-order valence-corrected chi connectivity index (χ4v) is 3.10. The molecule has 2 rings (SSSR count). The van der Waals surface area contributed by atoms with Gasteiger partial charge in [-0.25, -0.2) is 4.79 Å². The number of piperidine rings is 1. The zero-order valence-corrected chi connectivity index (χ0v) is 12.8. The van der Waals surface area contributed by atoms with Crippen LogP contribution in [0.15, 0.2) is 0 Å². The molecule has 2 aliphatic heterocycles. The third kappa shape index (κ3) is 4.94. The van der Waals surface area contributed by atoms with Crippen LogP contribution in [0.3, 0.4) is 0 Å². The first-order valence-electron chi connectivity index (χ1n) is 8.17. The molecule has 0 spiro atoms. The molecule has 5 nitrogen and oxygen atoms in total. The van der Waals surface area contributed by atoms with Gasteiger partial charge in [0.15, 0.2) is 0 Å². The average Bonchev–Trinajstić information content (AvgIpc) is 2.98. The molecule has 2 heterocycles. The van der Waals surface area contributed by atoms with Crippen molar-refractivity contribution in [3.63, 3.8) is 0 Å². The smallest absolute Gasteiger partial charge is 0.409 e. The zero-order chi connectivity index (χ0) is 14.2. The van der Waals surface area contributed by atoms with Crippen LogP contribution in [0.5, 0.6) is 0 Å². The van der Waals surface area contributed by atoms with E-state index in [4.69, 9.17) is 4.74 Å². The zero-order valence-electron chi connectivity index (χ0n) is 12.8. The van der Waals surface area contributed by atoms with Crippen molar-refractivity contribution in [2.75, 3.05) is 45.9 Å². The molecule has 0 aromatic heterocycles. The van der Waals surface area contributed by atoms with Gasteiger partial charge in [0.25, 0.3) is 0 Å². The van der Waals surface area contributed by atoms with Gasteiger partial charge >= 0.3 is 6.09 Å². The topological polar surface area (TPSA) is 44.8 Å². The van der Waals surface area contributed by atoms with Crippen LogP contribution in [0.25, 0.3) is 0 Å². The molecule has 0 aromatic rings. The van der Waals surface area contributed by atoms with Crippen LogP contribution >= 0.6 is 0 Å². The molecule has 0 unspecified atom stereocenters. The second kappa shape index (κ2) is 8.47. The molecule has 5 heteroatoms. The quantitative estimate of drug-likeness (QED) is 0.753. The van der Waals surface area contributed by atoms with Gasteiger partial charge in [-0.15, -0.1) is 0 Å². The lowest BCUT2D eigenvalue weighted by molar-refractivity contribution is 0.0950. The molecule has 0 saturated carbocycles.